The summed E-state index contributed by atoms with van der Waals surface area (Å²) in [5.41, 5.74) is -1.85. The molecule has 1 saturated carbocycles. The van der Waals surface area contributed by atoms with Gasteiger partial charge in [-0.15, -0.1) is 0 Å². The third-order valence-corrected chi connectivity index (χ3v) is 4.25. The van der Waals surface area contributed by atoms with Gasteiger partial charge in [0.25, 0.3) is 11.5 Å². The van der Waals surface area contributed by atoms with Crippen molar-refractivity contribution in [2.75, 3.05) is 0 Å². The molecule has 1 aliphatic carbocycles. The molecule has 3 rings (SSSR count). The zero-order valence-corrected chi connectivity index (χ0v) is 12.4. The van der Waals surface area contributed by atoms with E-state index >= 15 is 0 Å². The Balaban J connectivity index is 2.02. The Bertz CT molecular complexity index is 709. The lowest BCUT2D eigenvalue weighted by Crippen LogP contribution is -2.50. The fourth-order valence-electron chi connectivity index (χ4n) is 3.12. The van der Waals surface area contributed by atoms with Crippen LogP contribution in [0.1, 0.15) is 43.6 Å². The van der Waals surface area contributed by atoms with Gasteiger partial charge in [0, 0.05) is 18.9 Å². The van der Waals surface area contributed by atoms with Crippen molar-refractivity contribution in [2.45, 2.75) is 43.8 Å². The summed E-state index contributed by atoms with van der Waals surface area (Å²) in [5, 5.41) is 11.0. The van der Waals surface area contributed by atoms with Gasteiger partial charge in [-0.05, 0) is 18.9 Å². The Morgan fingerprint density at radius 1 is 1.08 bits per heavy atom. The fraction of sp³-hybridized carbons (Fsp3) is 0.467. The molecule has 1 saturated heterocycles. The Kier molecular flexibility index (Phi) is 3.94. The van der Waals surface area contributed by atoms with Crippen LogP contribution >= 0.6 is 0 Å². The number of carbonyl (C=O) groups excluding carboxylic acids is 2. The summed E-state index contributed by atoms with van der Waals surface area (Å²) < 4.78 is 37.9. The van der Waals surface area contributed by atoms with Crippen molar-refractivity contribution in [1.29, 1.82) is 0 Å². The Morgan fingerprint density at radius 3 is 2.21 bits per heavy atom. The van der Waals surface area contributed by atoms with Crippen LogP contribution in [0.15, 0.2) is 12.1 Å². The van der Waals surface area contributed by atoms with Gasteiger partial charge in [-0.2, -0.15) is 0 Å². The summed E-state index contributed by atoms with van der Waals surface area (Å²) in [5.74, 6) is -8.80. The molecular formula is C15H13F2NO6. The van der Waals surface area contributed by atoms with Gasteiger partial charge in [0.05, 0.1) is 10.5 Å². The highest BCUT2D eigenvalue weighted by Gasteiger charge is 2.52. The number of benzene rings is 1. The van der Waals surface area contributed by atoms with E-state index in [1.165, 1.54) is 0 Å². The maximum atomic E-state index is 14.1. The molecule has 2 aliphatic rings. The molecule has 1 aromatic rings. The number of nitro groups is 1. The number of carbonyl (C=O) groups is 2. The first-order valence-corrected chi connectivity index (χ1v) is 7.43. The van der Waals surface area contributed by atoms with Crippen molar-refractivity contribution in [3.63, 3.8) is 0 Å². The van der Waals surface area contributed by atoms with Gasteiger partial charge >= 0.3 is 11.9 Å². The molecule has 7 nitrogen and oxygen atoms in total. The Labute approximate surface area is 134 Å². The van der Waals surface area contributed by atoms with E-state index in [1.807, 2.05) is 0 Å². The van der Waals surface area contributed by atoms with Crippen molar-refractivity contribution >= 4 is 17.6 Å². The summed E-state index contributed by atoms with van der Waals surface area (Å²) in [6, 6.07) is 1.25. The van der Waals surface area contributed by atoms with Crippen molar-refractivity contribution in [1.82, 2.24) is 0 Å². The molecule has 128 valence electrons. The average molecular weight is 341 g/mol. The van der Waals surface area contributed by atoms with E-state index in [4.69, 9.17) is 9.47 Å². The lowest BCUT2D eigenvalue weighted by atomic mass is 9.90. The second-order valence-electron chi connectivity index (χ2n) is 5.80. The molecule has 0 amide bonds. The molecule has 1 aromatic carbocycles. The van der Waals surface area contributed by atoms with Crippen LogP contribution < -0.4 is 0 Å². The molecule has 0 unspecified atom stereocenters. The molecule has 1 aliphatic heterocycles. The van der Waals surface area contributed by atoms with Gasteiger partial charge in [-0.3, -0.25) is 19.7 Å². The molecule has 24 heavy (non-hydrogen) atoms. The molecule has 2 fully saturated rings. The first-order valence-electron chi connectivity index (χ1n) is 7.43. The van der Waals surface area contributed by atoms with Gasteiger partial charge in [-0.25, -0.2) is 8.78 Å². The van der Waals surface area contributed by atoms with Gasteiger partial charge in [0.2, 0.25) is 0 Å². The second kappa shape index (κ2) is 5.81. The van der Waals surface area contributed by atoms with E-state index in [2.05, 4.69) is 0 Å². The fourth-order valence-corrected chi connectivity index (χ4v) is 3.12. The predicted molar refractivity (Wildman–Crippen MR) is 73.8 cm³/mol. The van der Waals surface area contributed by atoms with Crippen LogP contribution in [0.3, 0.4) is 0 Å². The number of halogens is 2. The molecule has 0 radical (unpaired) electrons. The van der Waals surface area contributed by atoms with Crippen LogP contribution in [0.5, 0.6) is 0 Å². The minimum Gasteiger partial charge on any atom is -0.422 e. The normalized spacial score (nSPS) is 20.6. The Morgan fingerprint density at radius 2 is 1.67 bits per heavy atom. The third-order valence-electron chi connectivity index (χ3n) is 4.25. The second-order valence-corrected chi connectivity index (χ2v) is 5.80. The van der Waals surface area contributed by atoms with E-state index in [0.717, 1.165) is 6.42 Å². The monoisotopic (exact) mass is 341 g/mol. The number of esters is 2. The van der Waals surface area contributed by atoms with Gasteiger partial charge < -0.3 is 9.47 Å². The first kappa shape index (κ1) is 16.3. The van der Waals surface area contributed by atoms with Crippen molar-refractivity contribution in [3.8, 4) is 0 Å². The largest absolute Gasteiger partial charge is 0.422 e. The van der Waals surface area contributed by atoms with Crippen molar-refractivity contribution in [2.24, 2.45) is 0 Å². The van der Waals surface area contributed by atoms with E-state index in [9.17, 15) is 28.5 Å². The minimum atomic E-state index is -2.02. The van der Waals surface area contributed by atoms with Crippen LogP contribution in [0, 0.1) is 21.7 Å². The highest BCUT2D eigenvalue weighted by Crippen LogP contribution is 2.42. The van der Waals surface area contributed by atoms with E-state index in [-0.39, 0.29) is 0 Å². The maximum absolute atomic E-state index is 14.1. The molecule has 1 heterocycles. The lowest BCUT2D eigenvalue weighted by Gasteiger charge is -2.40. The van der Waals surface area contributed by atoms with Gasteiger partial charge in [-0.1, -0.05) is 6.42 Å². The van der Waals surface area contributed by atoms with Gasteiger partial charge in [0.15, 0.2) is 17.6 Å². The smallest absolute Gasteiger partial charge is 0.328 e. The van der Waals surface area contributed by atoms with E-state index in [1.54, 1.807) is 0 Å². The summed E-state index contributed by atoms with van der Waals surface area (Å²) in [4.78, 5) is 34.6. The van der Waals surface area contributed by atoms with Crippen LogP contribution in [0.25, 0.3) is 0 Å². The highest BCUT2D eigenvalue weighted by atomic mass is 19.2. The summed E-state index contributed by atoms with van der Waals surface area (Å²) >= 11 is 0. The quantitative estimate of drug-likeness (QED) is 0.355. The van der Waals surface area contributed by atoms with Crippen LogP contribution in [-0.2, 0) is 19.1 Å². The molecule has 0 aromatic heterocycles. The van der Waals surface area contributed by atoms with Crippen LogP contribution in [0.4, 0.5) is 14.5 Å². The molecule has 0 N–H and O–H groups in total. The lowest BCUT2D eigenvalue weighted by molar-refractivity contribution is -0.386. The summed E-state index contributed by atoms with van der Waals surface area (Å²) in [6.07, 6.45) is 2.87. The van der Waals surface area contributed by atoms with Crippen LogP contribution in [0.2, 0.25) is 0 Å². The summed E-state index contributed by atoms with van der Waals surface area (Å²) in [6.45, 7) is 0. The van der Waals surface area contributed by atoms with Gasteiger partial charge in [0.1, 0.15) is 0 Å². The third kappa shape index (κ3) is 2.59. The minimum absolute atomic E-state index is 0.310. The molecular weight excluding hydrogens is 328 g/mol. The summed E-state index contributed by atoms with van der Waals surface area (Å²) in [7, 11) is 0. The number of rotatable bonds is 2. The number of hydrogen-bond acceptors (Lipinski definition) is 6. The molecule has 9 heteroatoms. The standard InChI is InChI=1S/C15H13F2NO6/c16-8-4-5-9(18(21)22)10(12(8)17)11-13(19)23-15(24-14(11)20)6-2-1-3-7-15/h4-5,11H,1-3,6-7H2. The van der Waals surface area contributed by atoms with E-state index in [0.29, 0.717) is 37.8 Å². The van der Waals surface area contributed by atoms with Crippen molar-refractivity contribution < 1.29 is 32.8 Å². The zero-order chi connectivity index (χ0) is 17.5. The topological polar surface area (TPSA) is 95.7 Å². The number of hydrogen-bond donors (Lipinski definition) is 0. The van der Waals surface area contributed by atoms with E-state index < -0.39 is 51.5 Å². The maximum Gasteiger partial charge on any atom is 0.328 e. The Hall–Kier alpha value is -2.58. The average Bonchev–Trinajstić information content (AvgIpc) is 2.51. The zero-order valence-electron chi connectivity index (χ0n) is 12.4. The molecule has 1 spiro atoms. The van der Waals surface area contributed by atoms with Crippen molar-refractivity contribution in [3.05, 3.63) is 39.4 Å². The van der Waals surface area contributed by atoms with Crippen LogP contribution in [-0.4, -0.2) is 22.6 Å². The number of ether oxygens (including phenoxy) is 2. The molecule has 0 atom stereocenters. The highest BCUT2D eigenvalue weighted by molar-refractivity contribution is 6.03. The first-order chi connectivity index (χ1) is 11.3. The predicted octanol–water partition coefficient (Wildman–Crippen LogP) is 2.72. The number of nitro benzene ring substituents is 1. The number of nitrogens with zero attached hydrogens (tertiary/aromatic N) is 1. The SMILES string of the molecule is O=C1OC2(CCCCC2)OC(=O)C1c1c([N+](=O)[O-])ccc(F)c1F. The molecule has 0 bridgehead atoms.